The minimum absolute atomic E-state index is 0.572. The number of nitrogens with one attached hydrogen (secondary N) is 1. The molecule has 6 nitrogen and oxygen atoms in total. The maximum absolute atomic E-state index is 11.5. The molecule has 0 aromatic carbocycles. The average Bonchev–Trinajstić information content (AvgIpc) is 2.82. The summed E-state index contributed by atoms with van der Waals surface area (Å²) in [6.07, 6.45) is -1.44. The number of thiophene rings is 1. The Hall–Kier alpha value is -0.220. The zero-order valence-corrected chi connectivity index (χ0v) is 12.9. The summed E-state index contributed by atoms with van der Waals surface area (Å²) in [5.74, 6) is -0.901. The van der Waals surface area contributed by atoms with Gasteiger partial charge in [-0.1, -0.05) is 11.6 Å². The molecule has 2 atom stereocenters. The van der Waals surface area contributed by atoms with Gasteiger partial charge in [0.1, 0.15) is 6.10 Å². The SMILES string of the molecule is COS(=O)(=O)NC1OC(C)(C)OC1c1ccc(Cl)s1. The lowest BCUT2D eigenvalue weighted by molar-refractivity contribution is -0.147. The van der Waals surface area contributed by atoms with Gasteiger partial charge in [-0.2, -0.15) is 13.1 Å². The molecule has 0 radical (unpaired) electrons. The molecule has 2 rings (SSSR count). The summed E-state index contributed by atoms with van der Waals surface area (Å²) in [5, 5.41) is 0. The van der Waals surface area contributed by atoms with E-state index in [2.05, 4.69) is 8.91 Å². The normalized spacial score (nSPS) is 26.7. The van der Waals surface area contributed by atoms with Crippen LogP contribution in [0, 0.1) is 0 Å². The molecule has 9 heteroatoms. The number of ether oxygens (including phenoxy) is 2. The van der Waals surface area contributed by atoms with E-state index in [4.69, 9.17) is 21.1 Å². The summed E-state index contributed by atoms with van der Waals surface area (Å²) >= 11 is 7.18. The first kappa shape index (κ1) is 15.2. The van der Waals surface area contributed by atoms with E-state index in [-0.39, 0.29) is 0 Å². The van der Waals surface area contributed by atoms with Gasteiger partial charge in [0.05, 0.1) is 11.4 Å². The van der Waals surface area contributed by atoms with Crippen molar-refractivity contribution in [2.24, 2.45) is 0 Å². The van der Waals surface area contributed by atoms with Gasteiger partial charge in [0.2, 0.25) is 0 Å². The number of halogens is 1. The van der Waals surface area contributed by atoms with Crippen molar-refractivity contribution in [2.75, 3.05) is 7.11 Å². The van der Waals surface area contributed by atoms with Gasteiger partial charge < -0.3 is 9.47 Å². The molecule has 0 saturated carbocycles. The molecule has 1 aliphatic rings. The van der Waals surface area contributed by atoms with E-state index in [9.17, 15) is 8.42 Å². The lowest BCUT2D eigenvalue weighted by Crippen LogP contribution is -2.39. The molecule has 0 aliphatic carbocycles. The van der Waals surface area contributed by atoms with E-state index in [0.29, 0.717) is 4.34 Å². The third kappa shape index (κ3) is 3.66. The van der Waals surface area contributed by atoms with Gasteiger partial charge in [0, 0.05) is 4.88 Å². The smallest absolute Gasteiger partial charge is 0.337 e. The fourth-order valence-electron chi connectivity index (χ4n) is 1.73. The van der Waals surface area contributed by atoms with Crippen LogP contribution < -0.4 is 4.72 Å². The molecule has 2 unspecified atom stereocenters. The van der Waals surface area contributed by atoms with E-state index >= 15 is 0 Å². The van der Waals surface area contributed by atoms with E-state index < -0.39 is 28.4 Å². The quantitative estimate of drug-likeness (QED) is 0.916. The fraction of sp³-hybridized carbons (Fsp3) is 0.600. The number of hydrogen-bond donors (Lipinski definition) is 1. The van der Waals surface area contributed by atoms with Crippen LogP contribution >= 0.6 is 22.9 Å². The van der Waals surface area contributed by atoms with Crippen molar-refractivity contribution >= 4 is 33.2 Å². The molecule has 1 saturated heterocycles. The second kappa shape index (κ2) is 5.28. The summed E-state index contributed by atoms with van der Waals surface area (Å²) in [6, 6.07) is 3.49. The molecule has 1 aliphatic heterocycles. The first-order valence-electron chi connectivity index (χ1n) is 5.41. The highest BCUT2D eigenvalue weighted by Gasteiger charge is 2.44. The Morgan fingerprint density at radius 1 is 1.42 bits per heavy atom. The second-order valence-electron chi connectivity index (χ2n) is 4.36. The van der Waals surface area contributed by atoms with Gasteiger partial charge in [0.15, 0.2) is 12.0 Å². The molecule has 1 aromatic rings. The largest absolute Gasteiger partial charge is 0.337 e. The maximum Gasteiger partial charge on any atom is 0.337 e. The summed E-state index contributed by atoms with van der Waals surface area (Å²) in [6.45, 7) is 3.41. The van der Waals surface area contributed by atoms with E-state index in [0.717, 1.165) is 12.0 Å². The predicted molar refractivity (Wildman–Crippen MR) is 71.2 cm³/mol. The Labute approximate surface area is 120 Å². The second-order valence-corrected chi connectivity index (χ2v) is 7.58. The zero-order chi connectivity index (χ0) is 14.3. The molecule has 0 spiro atoms. The van der Waals surface area contributed by atoms with Crippen molar-refractivity contribution in [3.63, 3.8) is 0 Å². The first-order valence-corrected chi connectivity index (χ1v) is 8.01. The van der Waals surface area contributed by atoms with Gasteiger partial charge in [-0.25, -0.2) is 0 Å². The summed E-state index contributed by atoms with van der Waals surface area (Å²) in [5.41, 5.74) is 0. The molecule has 1 N–H and O–H groups in total. The summed E-state index contributed by atoms with van der Waals surface area (Å²) in [7, 11) is -2.80. The minimum atomic E-state index is -3.87. The highest BCUT2D eigenvalue weighted by molar-refractivity contribution is 7.84. The third-order valence-electron chi connectivity index (χ3n) is 2.45. The maximum atomic E-state index is 11.5. The van der Waals surface area contributed by atoms with Crippen LogP contribution in [-0.2, 0) is 24.0 Å². The minimum Gasteiger partial charge on any atom is -0.337 e. The predicted octanol–water partition coefficient (Wildman–Crippen LogP) is 2.03. The van der Waals surface area contributed by atoms with Crippen LogP contribution in [0.2, 0.25) is 4.34 Å². The third-order valence-corrected chi connectivity index (χ3v) is 4.70. The molecule has 0 bridgehead atoms. The summed E-state index contributed by atoms with van der Waals surface area (Å²) < 4.78 is 41.4. The van der Waals surface area contributed by atoms with Crippen LogP contribution in [0.5, 0.6) is 0 Å². The van der Waals surface area contributed by atoms with Crippen molar-refractivity contribution in [1.82, 2.24) is 4.72 Å². The molecule has 108 valence electrons. The monoisotopic (exact) mass is 327 g/mol. The topological polar surface area (TPSA) is 73.9 Å². The highest BCUT2D eigenvalue weighted by Crippen LogP contribution is 2.40. The molecule has 0 amide bonds. The van der Waals surface area contributed by atoms with E-state index in [1.807, 2.05) is 0 Å². The fourth-order valence-corrected chi connectivity index (χ4v) is 3.40. The Bertz CT molecular complexity index is 556. The van der Waals surface area contributed by atoms with Crippen LogP contribution in [0.3, 0.4) is 0 Å². The van der Waals surface area contributed by atoms with E-state index in [1.54, 1.807) is 26.0 Å². The first-order chi connectivity index (χ1) is 8.72. The lowest BCUT2D eigenvalue weighted by atomic mass is 10.3. The van der Waals surface area contributed by atoms with Crippen molar-refractivity contribution < 1.29 is 22.1 Å². The Morgan fingerprint density at radius 3 is 2.63 bits per heavy atom. The van der Waals surface area contributed by atoms with Gasteiger partial charge in [-0.15, -0.1) is 11.3 Å². The van der Waals surface area contributed by atoms with Crippen LogP contribution in [0.1, 0.15) is 24.8 Å². The Kier molecular flexibility index (Phi) is 4.22. The molecule has 19 heavy (non-hydrogen) atoms. The van der Waals surface area contributed by atoms with Crippen molar-refractivity contribution in [2.45, 2.75) is 32.0 Å². The van der Waals surface area contributed by atoms with Crippen LogP contribution in [0.15, 0.2) is 12.1 Å². The zero-order valence-electron chi connectivity index (χ0n) is 10.5. The molecule has 1 fully saturated rings. The lowest BCUT2D eigenvalue weighted by Gasteiger charge is -2.16. The van der Waals surface area contributed by atoms with Crippen molar-refractivity contribution in [1.29, 1.82) is 0 Å². The Balaban J connectivity index is 2.24. The van der Waals surface area contributed by atoms with Gasteiger partial charge in [-0.05, 0) is 26.0 Å². The van der Waals surface area contributed by atoms with E-state index in [1.165, 1.54) is 11.3 Å². The molecular weight excluding hydrogens is 314 g/mol. The molecular formula is C10H14ClNO5S2. The highest BCUT2D eigenvalue weighted by atomic mass is 35.5. The Morgan fingerprint density at radius 2 is 2.11 bits per heavy atom. The van der Waals surface area contributed by atoms with Gasteiger partial charge in [0.25, 0.3) is 0 Å². The van der Waals surface area contributed by atoms with Crippen LogP contribution in [-0.4, -0.2) is 27.5 Å². The molecule has 2 heterocycles. The average molecular weight is 328 g/mol. The van der Waals surface area contributed by atoms with Crippen molar-refractivity contribution in [3.05, 3.63) is 21.3 Å². The number of hydrogen-bond acceptors (Lipinski definition) is 6. The standard InChI is InChI=1S/C10H14ClNO5S2/c1-10(2)16-8(6-4-5-7(11)18-6)9(17-10)12-19(13,14)15-3/h4-5,8-9,12H,1-3H3. The van der Waals surface area contributed by atoms with Crippen LogP contribution in [0.25, 0.3) is 0 Å². The van der Waals surface area contributed by atoms with Crippen molar-refractivity contribution in [3.8, 4) is 0 Å². The van der Waals surface area contributed by atoms with Gasteiger partial charge >= 0.3 is 10.3 Å². The van der Waals surface area contributed by atoms with Gasteiger partial charge in [-0.3, -0.25) is 4.18 Å². The number of rotatable bonds is 4. The molecule has 1 aromatic heterocycles. The van der Waals surface area contributed by atoms with Crippen LogP contribution in [0.4, 0.5) is 0 Å². The summed E-state index contributed by atoms with van der Waals surface area (Å²) in [4.78, 5) is 0.777.